The van der Waals surface area contributed by atoms with Gasteiger partial charge in [-0.3, -0.25) is 0 Å². The third-order valence-corrected chi connectivity index (χ3v) is 9.73. The first kappa shape index (κ1) is 33.0. The zero-order chi connectivity index (χ0) is 33.0. The number of aromatic nitrogens is 4. The van der Waals surface area contributed by atoms with E-state index < -0.39 is 0 Å². The minimum absolute atomic E-state index is 0.334. The van der Waals surface area contributed by atoms with Crippen molar-refractivity contribution in [1.29, 1.82) is 0 Å². The van der Waals surface area contributed by atoms with Gasteiger partial charge in [-0.15, -0.1) is 0 Å². The highest BCUT2D eigenvalue weighted by Gasteiger charge is 2.16. The van der Waals surface area contributed by atoms with Gasteiger partial charge in [-0.1, -0.05) is 45.1 Å². The Balaban J connectivity index is 1.65. The molecule has 2 aliphatic rings. The molecule has 3 aromatic rings. The Bertz CT molecular complexity index is 1960. The molecule has 240 valence electrons. The van der Waals surface area contributed by atoms with E-state index in [1.165, 1.54) is 60.7 Å². The van der Waals surface area contributed by atoms with Gasteiger partial charge in [-0.25, -0.2) is 9.97 Å². The fourth-order valence-corrected chi connectivity index (χ4v) is 6.59. The Morgan fingerprint density at radius 2 is 1.37 bits per heavy atom. The molecule has 0 radical (unpaired) electrons. The van der Waals surface area contributed by atoms with Crippen LogP contribution in [0.5, 0.6) is 0 Å². The van der Waals surface area contributed by atoms with Crippen molar-refractivity contribution < 1.29 is 5.11 Å². The van der Waals surface area contributed by atoms with Crippen LogP contribution in [0.3, 0.4) is 0 Å². The number of hydrogen-bond donors (Lipinski definition) is 2. The minimum Gasteiger partial charge on any atom is -0.508 e. The number of aliphatic hydroxyl groups excluding tert-OH is 1. The monoisotopic (exact) mass is 614 g/mol. The lowest BCUT2D eigenvalue weighted by Gasteiger charge is -2.10. The van der Waals surface area contributed by atoms with Crippen LogP contribution in [0.4, 0.5) is 0 Å². The number of hydrogen-bond acceptors (Lipinski definition) is 3. The molecule has 0 saturated heterocycles. The summed E-state index contributed by atoms with van der Waals surface area (Å²) in [6.07, 6.45) is 20.8. The number of unbranched alkanes of at least 4 members (excludes halogenated alkanes) is 6. The largest absolute Gasteiger partial charge is 0.508 e. The van der Waals surface area contributed by atoms with Crippen LogP contribution in [0.2, 0.25) is 0 Å². The summed E-state index contributed by atoms with van der Waals surface area (Å²) < 4.78 is 2.29. The van der Waals surface area contributed by atoms with Gasteiger partial charge in [0.2, 0.25) is 0 Å². The van der Waals surface area contributed by atoms with E-state index in [0.29, 0.717) is 5.76 Å². The van der Waals surface area contributed by atoms with Crippen molar-refractivity contribution in [2.24, 2.45) is 7.05 Å². The lowest BCUT2D eigenvalue weighted by molar-refractivity contribution is 0.426. The SMILES string of the molecule is CCCCCCCCC=CC(O)=C(C)C(C)=C(C)c1cc2cc3nc(cc4nc(cc5c(C)c(C)c(c(C)c1[nH]2)n5C)C=C4)C=C3. The maximum absolute atomic E-state index is 11.1. The molecule has 0 amide bonds. The van der Waals surface area contributed by atoms with Crippen molar-refractivity contribution in [3.63, 3.8) is 0 Å². The predicted octanol–water partition coefficient (Wildman–Crippen LogP) is 11.5. The molecule has 5 heterocycles. The molecule has 46 heavy (non-hydrogen) atoms. The Morgan fingerprint density at radius 1 is 0.761 bits per heavy atom. The van der Waals surface area contributed by atoms with E-state index in [2.05, 4.69) is 88.5 Å². The zero-order valence-corrected chi connectivity index (χ0v) is 29.0. The summed E-state index contributed by atoms with van der Waals surface area (Å²) in [5.41, 5.74) is 15.9. The van der Waals surface area contributed by atoms with E-state index in [-0.39, 0.29) is 0 Å². The topological polar surface area (TPSA) is 66.7 Å². The van der Waals surface area contributed by atoms with Gasteiger partial charge in [0, 0.05) is 29.2 Å². The van der Waals surface area contributed by atoms with Crippen molar-refractivity contribution in [3.8, 4) is 0 Å². The van der Waals surface area contributed by atoms with E-state index in [9.17, 15) is 5.11 Å². The Labute approximate surface area is 274 Å². The van der Waals surface area contributed by atoms with Crippen LogP contribution in [0.1, 0.15) is 118 Å². The lowest BCUT2D eigenvalue weighted by Crippen LogP contribution is -1.93. The van der Waals surface area contributed by atoms with Crippen LogP contribution in [-0.4, -0.2) is 24.6 Å². The second-order valence-electron chi connectivity index (χ2n) is 12.9. The second kappa shape index (κ2) is 14.4. The number of fused-ring (bicyclic) bond motifs is 8. The number of H-pyrrole nitrogens is 1. The molecule has 0 saturated carbocycles. The molecule has 8 bridgehead atoms. The van der Waals surface area contributed by atoms with Crippen LogP contribution >= 0.6 is 0 Å². The fraction of sp³-hybridized carbons (Fsp3) is 0.366. The average molecular weight is 615 g/mol. The standard InChI is InChI=1S/C41H50N4O/c1-9-10-11-12-13-14-15-16-17-39(46)29(5)26(2)27(3)37-24-36-23-34-19-18-32(42-34)22-33-20-21-35(43-33)25-38-28(4)30(6)41(45(38)8)31(7)40(37)44-36/h16-25,44,46H,9-15H2,1-8H3. The molecule has 2 aliphatic heterocycles. The van der Waals surface area contributed by atoms with Gasteiger partial charge in [-0.05, 0) is 142 Å². The number of allylic oxidation sites excluding steroid dienone is 5. The van der Waals surface area contributed by atoms with Crippen LogP contribution in [0.15, 0.2) is 53.3 Å². The molecule has 0 aromatic carbocycles. The summed E-state index contributed by atoms with van der Waals surface area (Å²) in [6.45, 7) is 15.1. The maximum Gasteiger partial charge on any atom is 0.118 e. The molecule has 0 fully saturated rings. The molecule has 5 heteroatoms. The van der Waals surface area contributed by atoms with Crippen LogP contribution in [-0.2, 0) is 7.05 Å². The quantitative estimate of drug-likeness (QED) is 0.0934. The molecule has 0 atom stereocenters. The summed E-state index contributed by atoms with van der Waals surface area (Å²) in [5, 5.41) is 11.1. The first-order valence-electron chi connectivity index (χ1n) is 16.9. The molecular weight excluding hydrogens is 564 g/mol. The van der Waals surface area contributed by atoms with Crippen LogP contribution < -0.4 is 0 Å². The van der Waals surface area contributed by atoms with Gasteiger partial charge >= 0.3 is 0 Å². The van der Waals surface area contributed by atoms with E-state index in [1.807, 2.05) is 37.3 Å². The van der Waals surface area contributed by atoms with Crippen molar-refractivity contribution in [2.75, 3.05) is 0 Å². The van der Waals surface area contributed by atoms with Crippen molar-refractivity contribution >= 4 is 51.9 Å². The molecule has 5 rings (SSSR count). The number of nitrogens with one attached hydrogen (secondary N) is 1. The zero-order valence-electron chi connectivity index (χ0n) is 29.0. The third kappa shape index (κ3) is 7.04. The van der Waals surface area contributed by atoms with Gasteiger partial charge in [0.15, 0.2) is 0 Å². The predicted molar refractivity (Wildman–Crippen MR) is 198 cm³/mol. The smallest absolute Gasteiger partial charge is 0.118 e. The van der Waals surface area contributed by atoms with Gasteiger partial charge in [0.05, 0.1) is 28.3 Å². The highest BCUT2D eigenvalue weighted by molar-refractivity contribution is 5.91. The Morgan fingerprint density at radius 3 is 2.04 bits per heavy atom. The molecule has 0 aliphatic carbocycles. The lowest BCUT2D eigenvalue weighted by atomic mass is 9.96. The summed E-state index contributed by atoms with van der Waals surface area (Å²) in [6, 6.07) is 8.52. The van der Waals surface area contributed by atoms with E-state index in [0.717, 1.165) is 68.0 Å². The highest BCUT2D eigenvalue weighted by atomic mass is 16.3. The summed E-state index contributed by atoms with van der Waals surface area (Å²) >= 11 is 0. The van der Waals surface area contributed by atoms with Gasteiger partial charge < -0.3 is 14.7 Å². The number of aliphatic hydroxyl groups is 1. The number of nitrogens with zero attached hydrogens (tertiary/aromatic N) is 3. The average Bonchev–Trinajstić information content (AvgIpc) is 3.82. The fourth-order valence-electron chi connectivity index (χ4n) is 6.59. The van der Waals surface area contributed by atoms with Crippen molar-refractivity contribution in [3.05, 3.63) is 98.4 Å². The van der Waals surface area contributed by atoms with Gasteiger partial charge in [0.1, 0.15) is 5.76 Å². The van der Waals surface area contributed by atoms with Crippen LogP contribution in [0.25, 0.3) is 51.9 Å². The first-order chi connectivity index (χ1) is 22.1. The number of aromatic amines is 1. The van der Waals surface area contributed by atoms with E-state index in [4.69, 9.17) is 9.97 Å². The van der Waals surface area contributed by atoms with Gasteiger partial charge in [-0.2, -0.15) is 0 Å². The highest BCUT2D eigenvalue weighted by Crippen LogP contribution is 2.33. The molecule has 5 nitrogen and oxygen atoms in total. The van der Waals surface area contributed by atoms with Crippen molar-refractivity contribution in [1.82, 2.24) is 19.5 Å². The number of rotatable bonds is 10. The van der Waals surface area contributed by atoms with Gasteiger partial charge in [0.25, 0.3) is 0 Å². The number of aryl methyl sites for hydroxylation is 4. The van der Waals surface area contributed by atoms with Crippen molar-refractivity contribution in [2.45, 2.75) is 93.4 Å². The van der Waals surface area contributed by atoms with Crippen LogP contribution in [0, 0.1) is 20.8 Å². The maximum atomic E-state index is 11.1. The second-order valence-corrected chi connectivity index (χ2v) is 12.9. The summed E-state index contributed by atoms with van der Waals surface area (Å²) in [4.78, 5) is 13.5. The summed E-state index contributed by atoms with van der Waals surface area (Å²) in [7, 11) is 2.14. The first-order valence-corrected chi connectivity index (χ1v) is 16.9. The molecule has 3 aromatic heterocycles. The molecule has 2 N–H and O–H groups in total. The summed E-state index contributed by atoms with van der Waals surface area (Å²) in [5.74, 6) is 0.334. The molecule has 0 unspecified atom stereocenters. The molecule has 0 spiro atoms. The normalized spacial score (nSPS) is 13.9. The molecular formula is C41H50N4O. The van der Waals surface area contributed by atoms with E-state index in [1.54, 1.807) is 0 Å². The Hall–Kier alpha value is -4.38. The minimum atomic E-state index is 0.334. The third-order valence-electron chi connectivity index (χ3n) is 9.73. The van der Waals surface area contributed by atoms with E-state index >= 15 is 0 Å². The Kier molecular flexibility index (Phi) is 10.3.